The summed E-state index contributed by atoms with van der Waals surface area (Å²) in [6.07, 6.45) is 7.01. The third-order valence-corrected chi connectivity index (χ3v) is 2.73. The van der Waals surface area contributed by atoms with Crippen LogP contribution in [0.4, 0.5) is 0 Å². The van der Waals surface area contributed by atoms with Gasteiger partial charge in [-0.1, -0.05) is 13.8 Å². The topological polar surface area (TPSA) is 54.8 Å². The molecule has 0 aliphatic carbocycles. The second-order valence-electron chi connectivity index (χ2n) is 4.93. The highest BCUT2D eigenvalue weighted by Crippen LogP contribution is 2.10. The summed E-state index contributed by atoms with van der Waals surface area (Å²) in [5, 5.41) is 0. The summed E-state index contributed by atoms with van der Waals surface area (Å²) in [5.74, 6) is 1.25. The lowest BCUT2D eigenvalue weighted by atomic mass is 10.2. The minimum absolute atomic E-state index is 0.352. The number of rotatable bonds is 5. The Morgan fingerprint density at radius 1 is 1.05 bits per heavy atom. The Hall–Kier alpha value is -1.88. The molecule has 2 aromatic heterocycles. The van der Waals surface area contributed by atoms with Gasteiger partial charge in [0.05, 0.1) is 11.4 Å². The number of hydrogen-bond donors (Lipinski definition) is 0. The molecule has 0 fully saturated rings. The summed E-state index contributed by atoms with van der Waals surface area (Å²) in [6, 6.07) is 1.96. The average molecular weight is 257 g/mol. The highest BCUT2D eigenvalue weighted by Gasteiger charge is 2.07. The molecule has 0 saturated heterocycles. The van der Waals surface area contributed by atoms with Crippen molar-refractivity contribution >= 4 is 0 Å². The van der Waals surface area contributed by atoms with E-state index in [1.165, 1.54) is 0 Å². The normalized spacial score (nSPS) is 11.2. The van der Waals surface area contributed by atoms with E-state index in [1.807, 2.05) is 19.3 Å². The third-order valence-electron chi connectivity index (χ3n) is 2.73. The van der Waals surface area contributed by atoms with E-state index in [0.717, 1.165) is 30.3 Å². The van der Waals surface area contributed by atoms with E-state index in [2.05, 4.69) is 38.7 Å². The van der Waals surface area contributed by atoms with E-state index >= 15 is 0 Å². The van der Waals surface area contributed by atoms with Crippen molar-refractivity contribution in [3.8, 4) is 0 Å². The second-order valence-corrected chi connectivity index (χ2v) is 4.93. The predicted octanol–water partition coefficient (Wildman–Crippen LogP) is 2.02. The van der Waals surface area contributed by atoms with Gasteiger partial charge in [-0.2, -0.15) is 0 Å². The Balaban J connectivity index is 1.99. The Morgan fingerprint density at radius 3 is 2.53 bits per heavy atom. The van der Waals surface area contributed by atoms with Crippen LogP contribution in [-0.4, -0.2) is 31.9 Å². The number of nitrogens with zero attached hydrogens (tertiary/aromatic N) is 5. The maximum atomic E-state index is 4.57. The van der Waals surface area contributed by atoms with E-state index in [0.29, 0.717) is 5.92 Å². The minimum Gasteiger partial charge on any atom is -0.295 e. The maximum absolute atomic E-state index is 4.57. The highest BCUT2D eigenvalue weighted by atomic mass is 15.1. The van der Waals surface area contributed by atoms with Gasteiger partial charge in [0.15, 0.2) is 0 Å². The molecule has 0 spiro atoms. The molecule has 0 radical (unpaired) electrons. The van der Waals surface area contributed by atoms with Crippen LogP contribution in [0.5, 0.6) is 0 Å². The van der Waals surface area contributed by atoms with Crippen LogP contribution < -0.4 is 0 Å². The standard InChI is InChI=1S/C14H19N5/c1-11(2)14-17-5-4-12(18-14)9-19(3)10-13-8-15-6-7-16-13/h4-8,11H,9-10H2,1-3H3. The van der Waals surface area contributed by atoms with Crippen molar-refractivity contribution in [3.63, 3.8) is 0 Å². The molecular weight excluding hydrogens is 238 g/mol. The van der Waals surface area contributed by atoms with Gasteiger partial charge >= 0.3 is 0 Å². The van der Waals surface area contributed by atoms with Gasteiger partial charge in [0, 0.05) is 43.8 Å². The Kier molecular flexibility index (Phi) is 4.52. The fourth-order valence-corrected chi connectivity index (χ4v) is 1.80. The third kappa shape index (κ3) is 4.06. The summed E-state index contributed by atoms with van der Waals surface area (Å²) in [5.41, 5.74) is 1.99. The molecule has 2 aromatic rings. The molecule has 5 nitrogen and oxygen atoms in total. The molecule has 2 heterocycles. The van der Waals surface area contributed by atoms with Gasteiger partial charge in [0.1, 0.15) is 5.82 Å². The van der Waals surface area contributed by atoms with E-state index in [-0.39, 0.29) is 0 Å². The fraction of sp³-hybridized carbons (Fsp3) is 0.429. The Bertz CT molecular complexity index is 512. The first-order valence-corrected chi connectivity index (χ1v) is 6.40. The predicted molar refractivity (Wildman–Crippen MR) is 73.3 cm³/mol. The first-order chi connectivity index (χ1) is 9.15. The van der Waals surface area contributed by atoms with Gasteiger partial charge in [-0.15, -0.1) is 0 Å². The largest absolute Gasteiger partial charge is 0.295 e. The summed E-state index contributed by atoms with van der Waals surface area (Å²) in [4.78, 5) is 19.3. The smallest absolute Gasteiger partial charge is 0.131 e. The zero-order valence-electron chi connectivity index (χ0n) is 11.6. The van der Waals surface area contributed by atoms with E-state index in [4.69, 9.17) is 0 Å². The molecule has 0 saturated carbocycles. The number of hydrogen-bond acceptors (Lipinski definition) is 5. The van der Waals surface area contributed by atoms with Crippen molar-refractivity contribution in [3.05, 3.63) is 48.1 Å². The van der Waals surface area contributed by atoms with E-state index in [1.54, 1.807) is 18.6 Å². The van der Waals surface area contributed by atoms with Gasteiger partial charge < -0.3 is 0 Å². The lowest BCUT2D eigenvalue weighted by Crippen LogP contribution is -2.19. The van der Waals surface area contributed by atoms with Crippen molar-refractivity contribution in [1.82, 2.24) is 24.8 Å². The maximum Gasteiger partial charge on any atom is 0.131 e. The van der Waals surface area contributed by atoms with Crippen LogP contribution >= 0.6 is 0 Å². The van der Waals surface area contributed by atoms with E-state index < -0.39 is 0 Å². The monoisotopic (exact) mass is 257 g/mol. The molecular formula is C14H19N5. The first kappa shape index (κ1) is 13.5. The van der Waals surface area contributed by atoms with Crippen LogP contribution in [0.3, 0.4) is 0 Å². The van der Waals surface area contributed by atoms with Gasteiger partial charge in [-0.25, -0.2) is 9.97 Å². The quantitative estimate of drug-likeness (QED) is 0.820. The summed E-state index contributed by atoms with van der Waals surface area (Å²) in [6.45, 7) is 5.73. The fourth-order valence-electron chi connectivity index (χ4n) is 1.80. The first-order valence-electron chi connectivity index (χ1n) is 6.40. The molecule has 0 aliphatic heterocycles. The van der Waals surface area contributed by atoms with Gasteiger partial charge in [0.25, 0.3) is 0 Å². The molecule has 19 heavy (non-hydrogen) atoms. The SMILES string of the molecule is CC(C)c1nccc(CN(C)Cc2cnccn2)n1. The van der Waals surface area contributed by atoms with E-state index in [9.17, 15) is 0 Å². The Morgan fingerprint density at radius 2 is 1.84 bits per heavy atom. The molecule has 5 heteroatoms. The van der Waals surface area contributed by atoms with Gasteiger partial charge in [-0.3, -0.25) is 14.9 Å². The lowest BCUT2D eigenvalue weighted by molar-refractivity contribution is 0.310. The van der Waals surface area contributed by atoms with Crippen LogP contribution in [0.25, 0.3) is 0 Å². The van der Waals surface area contributed by atoms with Gasteiger partial charge in [0.2, 0.25) is 0 Å². The second kappa shape index (κ2) is 6.33. The van der Waals surface area contributed by atoms with Crippen LogP contribution in [-0.2, 0) is 13.1 Å². The lowest BCUT2D eigenvalue weighted by Gasteiger charge is -2.16. The zero-order valence-corrected chi connectivity index (χ0v) is 11.6. The molecule has 0 atom stereocenters. The molecule has 0 bridgehead atoms. The zero-order chi connectivity index (χ0) is 13.7. The van der Waals surface area contributed by atoms with Crippen molar-refractivity contribution in [2.24, 2.45) is 0 Å². The number of aromatic nitrogens is 4. The van der Waals surface area contributed by atoms with Crippen LogP contribution in [0.2, 0.25) is 0 Å². The van der Waals surface area contributed by atoms with Crippen molar-refractivity contribution in [2.75, 3.05) is 7.05 Å². The molecule has 2 rings (SSSR count). The van der Waals surface area contributed by atoms with Crippen molar-refractivity contribution in [2.45, 2.75) is 32.9 Å². The summed E-state index contributed by atoms with van der Waals surface area (Å²) < 4.78 is 0. The van der Waals surface area contributed by atoms with Gasteiger partial charge in [-0.05, 0) is 13.1 Å². The summed E-state index contributed by atoms with van der Waals surface area (Å²) in [7, 11) is 2.05. The molecule has 0 aliphatic rings. The summed E-state index contributed by atoms with van der Waals surface area (Å²) >= 11 is 0. The molecule has 0 amide bonds. The average Bonchev–Trinajstić information content (AvgIpc) is 2.40. The molecule has 0 aromatic carbocycles. The van der Waals surface area contributed by atoms with Crippen LogP contribution in [0.15, 0.2) is 30.9 Å². The molecule has 100 valence electrons. The molecule has 0 unspecified atom stereocenters. The highest BCUT2D eigenvalue weighted by molar-refractivity contribution is 5.05. The van der Waals surface area contributed by atoms with Crippen LogP contribution in [0.1, 0.15) is 37.0 Å². The van der Waals surface area contributed by atoms with Crippen LogP contribution in [0, 0.1) is 0 Å². The van der Waals surface area contributed by atoms with Crippen molar-refractivity contribution in [1.29, 1.82) is 0 Å². The Labute approximate surface area is 113 Å². The minimum atomic E-state index is 0.352. The molecule has 0 N–H and O–H groups in total. The van der Waals surface area contributed by atoms with Crippen molar-refractivity contribution < 1.29 is 0 Å².